The van der Waals surface area contributed by atoms with Crippen LogP contribution < -0.4 is 9.47 Å². The molecule has 8 heteroatoms. The summed E-state index contributed by atoms with van der Waals surface area (Å²) in [4.78, 5) is 14.4. The lowest BCUT2D eigenvalue weighted by atomic mass is 9.98. The van der Waals surface area contributed by atoms with E-state index in [-0.39, 0.29) is 18.4 Å². The van der Waals surface area contributed by atoms with Gasteiger partial charge in [0.05, 0.1) is 12.5 Å². The van der Waals surface area contributed by atoms with Crippen molar-refractivity contribution in [2.75, 3.05) is 26.3 Å². The molecule has 0 N–H and O–H groups in total. The number of hydrogen-bond acceptors (Lipinski definition) is 7. The highest BCUT2D eigenvalue weighted by Gasteiger charge is 2.28. The number of hydrogen-bond donors (Lipinski definition) is 0. The second-order valence-corrected chi connectivity index (χ2v) is 7.61. The second-order valence-electron chi connectivity index (χ2n) is 6.83. The third kappa shape index (κ3) is 4.76. The quantitative estimate of drug-likeness (QED) is 0.583. The maximum Gasteiger partial charge on any atom is 0.260 e. The first-order valence-electron chi connectivity index (χ1n) is 9.72. The number of ether oxygens (including phenoxy) is 2. The molecule has 1 unspecified atom stereocenters. The molecule has 1 aliphatic heterocycles. The van der Waals surface area contributed by atoms with Crippen LogP contribution in [-0.4, -0.2) is 47.3 Å². The van der Waals surface area contributed by atoms with E-state index in [2.05, 4.69) is 10.2 Å². The number of piperidine rings is 1. The van der Waals surface area contributed by atoms with E-state index >= 15 is 0 Å². The van der Waals surface area contributed by atoms with Crippen molar-refractivity contribution in [2.24, 2.45) is 0 Å². The van der Waals surface area contributed by atoms with Crippen molar-refractivity contribution in [2.45, 2.75) is 25.7 Å². The van der Waals surface area contributed by atoms with Crippen LogP contribution in [0.3, 0.4) is 0 Å². The van der Waals surface area contributed by atoms with Crippen LogP contribution in [0.5, 0.6) is 11.5 Å². The zero-order valence-electron chi connectivity index (χ0n) is 16.2. The van der Waals surface area contributed by atoms with Crippen LogP contribution in [0, 0.1) is 0 Å². The van der Waals surface area contributed by atoms with Crippen LogP contribution in [0.15, 0.2) is 45.5 Å². The van der Waals surface area contributed by atoms with Crippen molar-refractivity contribution < 1.29 is 18.7 Å². The Labute approximate surface area is 173 Å². The zero-order chi connectivity index (χ0) is 20.1. The predicted molar refractivity (Wildman–Crippen MR) is 109 cm³/mol. The first kappa shape index (κ1) is 19.4. The molecule has 3 heterocycles. The van der Waals surface area contributed by atoms with Crippen LogP contribution in [0.25, 0.3) is 11.5 Å². The third-order valence-corrected chi connectivity index (χ3v) is 5.51. The highest BCUT2D eigenvalue weighted by Crippen LogP contribution is 2.29. The average Bonchev–Trinajstić information content (AvgIpc) is 3.45. The Hall–Kier alpha value is -2.87. The topological polar surface area (TPSA) is 77.7 Å². The molecule has 1 amide bonds. The van der Waals surface area contributed by atoms with E-state index in [4.69, 9.17) is 13.9 Å². The summed E-state index contributed by atoms with van der Waals surface area (Å²) in [6, 6.07) is 9.24. The van der Waals surface area contributed by atoms with E-state index in [9.17, 15) is 4.79 Å². The fraction of sp³-hybridized carbons (Fsp3) is 0.381. The molecule has 1 aromatic carbocycles. The molecule has 3 aromatic rings. The van der Waals surface area contributed by atoms with Crippen LogP contribution in [-0.2, 0) is 4.79 Å². The summed E-state index contributed by atoms with van der Waals surface area (Å²) in [5, 5.41) is 12.3. The van der Waals surface area contributed by atoms with E-state index in [1.54, 1.807) is 11.3 Å². The van der Waals surface area contributed by atoms with E-state index < -0.39 is 0 Å². The fourth-order valence-electron chi connectivity index (χ4n) is 3.34. The van der Waals surface area contributed by atoms with Gasteiger partial charge in [0.25, 0.3) is 5.91 Å². The number of carbonyl (C=O) groups is 1. The van der Waals surface area contributed by atoms with E-state index in [1.165, 1.54) is 0 Å². The summed E-state index contributed by atoms with van der Waals surface area (Å²) in [5.41, 5.74) is 0.932. The Morgan fingerprint density at radius 3 is 2.72 bits per heavy atom. The number of likely N-dealkylation sites (tertiary alicyclic amines) is 1. The Balaban J connectivity index is 1.32. The van der Waals surface area contributed by atoms with Gasteiger partial charge in [-0.3, -0.25) is 4.79 Å². The number of rotatable bonds is 7. The molecule has 1 fully saturated rings. The van der Waals surface area contributed by atoms with Crippen molar-refractivity contribution in [1.82, 2.24) is 15.1 Å². The molecular formula is C21H23N3O4S. The SMILES string of the molecule is CCOc1ccc(OCC(=O)N2CCCC(c3nnc(-c4ccsc4)o3)C2)cc1. The number of carbonyl (C=O) groups excluding carboxylic acids is 1. The Morgan fingerprint density at radius 2 is 2.00 bits per heavy atom. The van der Waals surface area contributed by atoms with Gasteiger partial charge in [-0.25, -0.2) is 0 Å². The highest BCUT2D eigenvalue weighted by molar-refractivity contribution is 7.08. The zero-order valence-corrected chi connectivity index (χ0v) is 17.1. The summed E-state index contributed by atoms with van der Waals surface area (Å²) in [5.74, 6) is 2.57. The molecule has 1 aliphatic rings. The summed E-state index contributed by atoms with van der Waals surface area (Å²) in [6.07, 6.45) is 1.82. The van der Waals surface area contributed by atoms with Gasteiger partial charge in [0.1, 0.15) is 11.5 Å². The Kier molecular flexibility index (Phi) is 6.09. The predicted octanol–water partition coefficient (Wildman–Crippen LogP) is 3.98. The monoisotopic (exact) mass is 413 g/mol. The Bertz CT molecular complexity index is 924. The molecule has 0 spiro atoms. The summed E-state index contributed by atoms with van der Waals surface area (Å²) in [6.45, 7) is 3.84. The van der Waals surface area contributed by atoms with Gasteiger partial charge in [0, 0.05) is 24.0 Å². The van der Waals surface area contributed by atoms with Gasteiger partial charge in [-0.15, -0.1) is 10.2 Å². The fourth-order valence-corrected chi connectivity index (χ4v) is 3.97. The molecular weight excluding hydrogens is 390 g/mol. The average molecular weight is 413 g/mol. The van der Waals surface area contributed by atoms with E-state index in [0.29, 0.717) is 37.2 Å². The standard InChI is InChI=1S/C21H23N3O4S/c1-2-26-17-5-7-18(8-6-17)27-13-19(25)24-10-3-4-15(12-24)20-22-23-21(28-20)16-9-11-29-14-16/h5-9,11,14-15H,2-4,10,12-13H2,1H3. The minimum absolute atomic E-state index is 0.00465. The van der Waals surface area contributed by atoms with Gasteiger partial charge in [0.15, 0.2) is 6.61 Å². The summed E-state index contributed by atoms with van der Waals surface area (Å²) >= 11 is 1.59. The van der Waals surface area contributed by atoms with Crippen molar-refractivity contribution in [3.63, 3.8) is 0 Å². The molecule has 29 heavy (non-hydrogen) atoms. The minimum atomic E-state index is -0.0406. The van der Waals surface area contributed by atoms with Crippen molar-refractivity contribution >= 4 is 17.2 Å². The molecule has 7 nitrogen and oxygen atoms in total. The number of thiophene rings is 1. The molecule has 1 saturated heterocycles. The molecule has 0 aliphatic carbocycles. The van der Waals surface area contributed by atoms with Gasteiger partial charge < -0.3 is 18.8 Å². The van der Waals surface area contributed by atoms with Gasteiger partial charge in [-0.1, -0.05) is 0 Å². The first-order chi connectivity index (χ1) is 14.2. The first-order valence-corrected chi connectivity index (χ1v) is 10.7. The van der Waals surface area contributed by atoms with Gasteiger partial charge >= 0.3 is 0 Å². The molecule has 0 saturated carbocycles. The molecule has 0 radical (unpaired) electrons. The molecule has 152 valence electrons. The number of nitrogens with zero attached hydrogens (tertiary/aromatic N) is 3. The van der Waals surface area contributed by atoms with E-state index in [1.807, 2.05) is 52.9 Å². The Morgan fingerprint density at radius 1 is 1.21 bits per heavy atom. The van der Waals surface area contributed by atoms with Gasteiger partial charge in [-0.2, -0.15) is 11.3 Å². The number of benzene rings is 1. The molecule has 0 bridgehead atoms. The van der Waals surface area contributed by atoms with Gasteiger partial charge in [-0.05, 0) is 55.5 Å². The normalized spacial score (nSPS) is 16.6. The highest BCUT2D eigenvalue weighted by atomic mass is 32.1. The van der Waals surface area contributed by atoms with Crippen LogP contribution >= 0.6 is 11.3 Å². The minimum Gasteiger partial charge on any atom is -0.494 e. The smallest absolute Gasteiger partial charge is 0.260 e. The maximum atomic E-state index is 12.6. The number of amides is 1. The number of aromatic nitrogens is 2. The van der Waals surface area contributed by atoms with Crippen molar-refractivity contribution in [1.29, 1.82) is 0 Å². The largest absolute Gasteiger partial charge is 0.494 e. The lowest BCUT2D eigenvalue weighted by Gasteiger charge is -2.31. The molecule has 4 rings (SSSR count). The van der Waals surface area contributed by atoms with E-state index in [0.717, 1.165) is 24.2 Å². The van der Waals surface area contributed by atoms with Crippen LogP contribution in [0.4, 0.5) is 0 Å². The lowest BCUT2D eigenvalue weighted by Crippen LogP contribution is -2.41. The van der Waals surface area contributed by atoms with Crippen molar-refractivity contribution in [3.05, 3.63) is 47.0 Å². The molecule has 1 atom stereocenters. The maximum absolute atomic E-state index is 12.6. The lowest BCUT2D eigenvalue weighted by molar-refractivity contribution is -0.134. The van der Waals surface area contributed by atoms with Gasteiger partial charge in [0.2, 0.25) is 11.8 Å². The second kappa shape index (κ2) is 9.09. The van der Waals surface area contributed by atoms with Crippen molar-refractivity contribution in [3.8, 4) is 23.0 Å². The molecule has 2 aromatic heterocycles. The summed E-state index contributed by atoms with van der Waals surface area (Å²) in [7, 11) is 0. The third-order valence-electron chi connectivity index (χ3n) is 4.83. The van der Waals surface area contributed by atoms with Crippen LogP contribution in [0.1, 0.15) is 31.6 Å². The van der Waals surface area contributed by atoms with Crippen LogP contribution in [0.2, 0.25) is 0 Å². The summed E-state index contributed by atoms with van der Waals surface area (Å²) < 4.78 is 16.9.